The zero-order valence-corrected chi connectivity index (χ0v) is 11.3. The minimum atomic E-state index is -0.0927. The Balaban J connectivity index is 2.22. The summed E-state index contributed by atoms with van der Waals surface area (Å²) in [5, 5.41) is 9.74. The van der Waals surface area contributed by atoms with Crippen LogP contribution >= 0.6 is 11.6 Å². The van der Waals surface area contributed by atoms with Crippen molar-refractivity contribution in [1.82, 2.24) is 0 Å². The van der Waals surface area contributed by atoms with Gasteiger partial charge in [-0.25, -0.2) is 0 Å². The summed E-state index contributed by atoms with van der Waals surface area (Å²) in [5.41, 5.74) is 0.682. The van der Waals surface area contributed by atoms with Crippen molar-refractivity contribution >= 4 is 11.6 Å². The Morgan fingerprint density at radius 3 is 2.72 bits per heavy atom. The normalized spacial score (nSPS) is 10.6. The molecule has 0 heterocycles. The van der Waals surface area contributed by atoms with Crippen LogP contribution in [0.15, 0.2) is 18.2 Å². The van der Waals surface area contributed by atoms with Gasteiger partial charge in [0.05, 0.1) is 13.2 Å². The molecule has 1 N–H and O–H groups in total. The molecule has 0 saturated carbocycles. The lowest BCUT2D eigenvalue weighted by Crippen LogP contribution is -2.09. The standard InChI is InChI=1S/C13H19ClO4/c1-16-5-2-6-17-7-8-18-13-4-3-12(14)9-11(13)10-15/h3-4,9,15H,2,5-8,10H2,1H3. The summed E-state index contributed by atoms with van der Waals surface area (Å²) in [6, 6.07) is 5.17. The zero-order valence-electron chi connectivity index (χ0n) is 10.5. The van der Waals surface area contributed by atoms with Crippen LogP contribution in [0.1, 0.15) is 12.0 Å². The first kappa shape index (κ1) is 15.2. The maximum atomic E-state index is 9.16. The van der Waals surface area contributed by atoms with E-state index in [9.17, 15) is 0 Å². The van der Waals surface area contributed by atoms with Gasteiger partial charge in [0.1, 0.15) is 12.4 Å². The molecule has 0 amide bonds. The molecule has 0 spiro atoms. The van der Waals surface area contributed by atoms with Crippen LogP contribution in [0.4, 0.5) is 0 Å². The number of aliphatic hydroxyl groups is 1. The van der Waals surface area contributed by atoms with Gasteiger partial charge in [-0.3, -0.25) is 0 Å². The molecule has 102 valence electrons. The molecule has 0 unspecified atom stereocenters. The molecule has 0 saturated heterocycles. The van der Waals surface area contributed by atoms with Crippen LogP contribution in [-0.2, 0) is 16.1 Å². The second kappa shape index (κ2) is 9.16. The Kier molecular flexibility index (Phi) is 7.76. The van der Waals surface area contributed by atoms with Crippen molar-refractivity contribution in [3.8, 4) is 5.75 Å². The Labute approximate surface area is 112 Å². The van der Waals surface area contributed by atoms with E-state index in [0.29, 0.717) is 42.8 Å². The molecular formula is C13H19ClO4. The van der Waals surface area contributed by atoms with Crippen molar-refractivity contribution in [2.24, 2.45) is 0 Å². The SMILES string of the molecule is COCCCOCCOc1ccc(Cl)cc1CO. The van der Waals surface area contributed by atoms with Crippen LogP contribution < -0.4 is 4.74 Å². The zero-order chi connectivity index (χ0) is 13.2. The van der Waals surface area contributed by atoms with E-state index in [4.69, 9.17) is 30.9 Å². The predicted molar refractivity (Wildman–Crippen MR) is 70.2 cm³/mol. The second-order valence-electron chi connectivity index (χ2n) is 3.72. The van der Waals surface area contributed by atoms with Gasteiger partial charge in [-0.1, -0.05) is 11.6 Å². The first-order chi connectivity index (χ1) is 8.77. The molecular weight excluding hydrogens is 256 g/mol. The molecule has 0 atom stereocenters. The number of halogens is 1. The molecule has 1 aromatic rings. The van der Waals surface area contributed by atoms with Crippen molar-refractivity contribution in [3.63, 3.8) is 0 Å². The third-order valence-corrected chi connectivity index (χ3v) is 2.55. The Bertz CT molecular complexity index is 344. The summed E-state index contributed by atoms with van der Waals surface area (Å²) in [6.45, 7) is 2.22. The Morgan fingerprint density at radius 1 is 1.17 bits per heavy atom. The fraction of sp³-hybridized carbons (Fsp3) is 0.538. The van der Waals surface area contributed by atoms with Gasteiger partial charge in [0, 0.05) is 30.9 Å². The van der Waals surface area contributed by atoms with Crippen LogP contribution in [0.25, 0.3) is 0 Å². The van der Waals surface area contributed by atoms with Crippen LogP contribution in [0, 0.1) is 0 Å². The number of benzene rings is 1. The summed E-state index contributed by atoms with van der Waals surface area (Å²) in [5.74, 6) is 0.641. The molecule has 18 heavy (non-hydrogen) atoms. The Morgan fingerprint density at radius 2 is 2.00 bits per heavy atom. The summed E-state index contributed by atoms with van der Waals surface area (Å²) in [7, 11) is 1.67. The minimum absolute atomic E-state index is 0.0927. The molecule has 0 radical (unpaired) electrons. The number of hydrogen-bond donors (Lipinski definition) is 1. The van der Waals surface area contributed by atoms with Crippen molar-refractivity contribution < 1.29 is 19.3 Å². The highest BCUT2D eigenvalue weighted by Gasteiger charge is 2.03. The highest BCUT2D eigenvalue weighted by Crippen LogP contribution is 2.22. The molecule has 1 rings (SSSR count). The molecule has 0 aliphatic heterocycles. The minimum Gasteiger partial charge on any atom is -0.491 e. The van der Waals surface area contributed by atoms with E-state index in [-0.39, 0.29) is 6.61 Å². The number of methoxy groups -OCH3 is 1. The molecule has 5 heteroatoms. The lowest BCUT2D eigenvalue weighted by molar-refractivity contribution is 0.0800. The van der Waals surface area contributed by atoms with Gasteiger partial charge in [-0.05, 0) is 24.6 Å². The first-order valence-electron chi connectivity index (χ1n) is 5.86. The van der Waals surface area contributed by atoms with Gasteiger partial charge in [-0.15, -0.1) is 0 Å². The van der Waals surface area contributed by atoms with Crippen LogP contribution in [-0.4, -0.2) is 38.6 Å². The maximum absolute atomic E-state index is 9.16. The van der Waals surface area contributed by atoms with Crippen molar-refractivity contribution in [2.75, 3.05) is 33.5 Å². The molecule has 0 aromatic heterocycles. The van der Waals surface area contributed by atoms with Gasteiger partial charge in [0.25, 0.3) is 0 Å². The monoisotopic (exact) mass is 274 g/mol. The largest absolute Gasteiger partial charge is 0.491 e. The van der Waals surface area contributed by atoms with Gasteiger partial charge in [0.2, 0.25) is 0 Å². The van der Waals surface area contributed by atoms with Gasteiger partial charge < -0.3 is 19.3 Å². The van der Waals surface area contributed by atoms with Crippen molar-refractivity contribution in [1.29, 1.82) is 0 Å². The number of rotatable bonds is 9. The van der Waals surface area contributed by atoms with Crippen molar-refractivity contribution in [3.05, 3.63) is 28.8 Å². The smallest absolute Gasteiger partial charge is 0.125 e. The van der Waals surface area contributed by atoms with E-state index >= 15 is 0 Å². The van der Waals surface area contributed by atoms with Crippen LogP contribution in [0.3, 0.4) is 0 Å². The van der Waals surface area contributed by atoms with Crippen LogP contribution in [0.2, 0.25) is 5.02 Å². The molecule has 0 bridgehead atoms. The highest BCUT2D eigenvalue weighted by molar-refractivity contribution is 6.30. The molecule has 0 aliphatic carbocycles. The average molecular weight is 275 g/mol. The number of ether oxygens (including phenoxy) is 3. The number of hydrogen-bond acceptors (Lipinski definition) is 4. The fourth-order valence-electron chi connectivity index (χ4n) is 1.43. The Hall–Kier alpha value is -0.810. The summed E-state index contributed by atoms with van der Waals surface area (Å²) in [4.78, 5) is 0. The van der Waals surface area contributed by atoms with E-state index in [1.807, 2.05) is 0 Å². The van der Waals surface area contributed by atoms with E-state index in [2.05, 4.69) is 0 Å². The summed E-state index contributed by atoms with van der Waals surface area (Å²) < 4.78 is 15.8. The van der Waals surface area contributed by atoms with Crippen LogP contribution in [0.5, 0.6) is 5.75 Å². The lowest BCUT2D eigenvalue weighted by Gasteiger charge is -2.10. The third kappa shape index (κ3) is 5.69. The van der Waals surface area contributed by atoms with Gasteiger partial charge in [-0.2, -0.15) is 0 Å². The fourth-order valence-corrected chi connectivity index (χ4v) is 1.63. The van der Waals surface area contributed by atoms with Crippen molar-refractivity contribution in [2.45, 2.75) is 13.0 Å². The summed E-state index contributed by atoms with van der Waals surface area (Å²) in [6.07, 6.45) is 0.874. The molecule has 4 nitrogen and oxygen atoms in total. The van der Waals surface area contributed by atoms with E-state index in [1.165, 1.54) is 0 Å². The molecule has 0 aliphatic rings. The molecule has 1 aromatic carbocycles. The topological polar surface area (TPSA) is 47.9 Å². The quantitative estimate of drug-likeness (QED) is 0.702. The third-order valence-electron chi connectivity index (χ3n) is 2.32. The van der Waals surface area contributed by atoms with E-state index in [1.54, 1.807) is 25.3 Å². The predicted octanol–water partition coefficient (Wildman–Crippen LogP) is 2.26. The van der Waals surface area contributed by atoms with Gasteiger partial charge >= 0.3 is 0 Å². The van der Waals surface area contributed by atoms with E-state index in [0.717, 1.165) is 6.42 Å². The number of aliphatic hydroxyl groups excluding tert-OH is 1. The second-order valence-corrected chi connectivity index (χ2v) is 4.15. The first-order valence-corrected chi connectivity index (χ1v) is 6.24. The van der Waals surface area contributed by atoms with Gasteiger partial charge in [0.15, 0.2) is 0 Å². The average Bonchev–Trinajstić information content (AvgIpc) is 2.39. The van der Waals surface area contributed by atoms with E-state index < -0.39 is 0 Å². The summed E-state index contributed by atoms with van der Waals surface area (Å²) >= 11 is 5.82. The highest BCUT2D eigenvalue weighted by atomic mass is 35.5. The maximum Gasteiger partial charge on any atom is 0.125 e. The molecule has 0 fully saturated rings. The lowest BCUT2D eigenvalue weighted by atomic mass is 10.2.